The molecule has 0 radical (unpaired) electrons. The summed E-state index contributed by atoms with van der Waals surface area (Å²) in [4.78, 5) is 8.93. The molecule has 5 rings (SSSR count). The number of nitrogen functional groups attached to an aromatic ring is 1. The van der Waals surface area contributed by atoms with Crippen LogP contribution in [-0.2, 0) is 0 Å². The smallest absolute Gasteiger partial charge is 0.132 e. The number of nitrogens with zero attached hydrogens (tertiary/aromatic N) is 4. The Kier molecular flexibility index (Phi) is 4.37. The van der Waals surface area contributed by atoms with Crippen LogP contribution >= 0.6 is 0 Å². The van der Waals surface area contributed by atoms with Crippen LogP contribution in [0.2, 0.25) is 0 Å². The highest BCUT2D eigenvalue weighted by Crippen LogP contribution is 2.31. The standard InChI is InChI=1S/C22H22N6O/c23-22-20(21-9-14-1-2-19(29)7-15(14)10-25-21)8-16(11-26-22)17-12-27-28(13-17)18-3-5-24-6-4-18/h1-2,7-13,18,24,29H,3-6H2,(H2,23,26). The number of aromatic hydroxyl groups is 1. The number of hydrogen-bond donors (Lipinski definition) is 3. The Hall–Kier alpha value is -3.45. The number of nitrogens with two attached hydrogens (primary N) is 1. The Bertz CT molecular complexity index is 1180. The number of anilines is 1. The van der Waals surface area contributed by atoms with E-state index in [1.807, 2.05) is 24.4 Å². The van der Waals surface area contributed by atoms with Gasteiger partial charge in [-0.2, -0.15) is 5.10 Å². The highest BCUT2D eigenvalue weighted by Gasteiger charge is 2.17. The molecule has 146 valence electrons. The van der Waals surface area contributed by atoms with Crippen molar-refractivity contribution in [2.24, 2.45) is 0 Å². The van der Waals surface area contributed by atoms with Crippen LogP contribution < -0.4 is 11.1 Å². The minimum atomic E-state index is 0.223. The van der Waals surface area contributed by atoms with E-state index < -0.39 is 0 Å². The van der Waals surface area contributed by atoms with Crippen molar-refractivity contribution in [1.29, 1.82) is 0 Å². The second-order valence-electron chi connectivity index (χ2n) is 7.45. The molecule has 29 heavy (non-hydrogen) atoms. The fraction of sp³-hybridized carbons (Fsp3) is 0.227. The molecular weight excluding hydrogens is 364 g/mol. The number of pyridine rings is 2. The van der Waals surface area contributed by atoms with E-state index in [0.717, 1.165) is 59.1 Å². The zero-order valence-corrected chi connectivity index (χ0v) is 15.9. The molecule has 7 heteroatoms. The zero-order chi connectivity index (χ0) is 19.8. The molecule has 4 aromatic rings. The maximum Gasteiger partial charge on any atom is 0.132 e. The molecule has 0 amide bonds. The Balaban J connectivity index is 1.50. The zero-order valence-electron chi connectivity index (χ0n) is 15.9. The van der Waals surface area contributed by atoms with Gasteiger partial charge in [-0.1, -0.05) is 6.07 Å². The highest BCUT2D eigenvalue weighted by molar-refractivity contribution is 5.88. The van der Waals surface area contributed by atoms with Gasteiger partial charge in [-0.25, -0.2) is 4.98 Å². The maximum absolute atomic E-state index is 9.65. The van der Waals surface area contributed by atoms with Crippen LogP contribution in [0.15, 0.2) is 55.1 Å². The highest BCUT2D eigenvalue weighted by atomic mass is 16.3. The van der Waals surface area contributed by atoms with Crippen LogP contribution in [0.4, 0.5) is 5.82 Å². The number of rotatable bonds is 3. The van der Waals surface area contributed by atoms with Crippen molar-refractivity contribution in [3.05, 3.63) is 55.1 Å². The first-order valence-corrected chi connectivity index (χ1v) is 9.77. The van der Waals surface area contributed by atoms with Gasteiger partial charge >= 0.3 is 0 Å². The third-order valence-corrected chi connectivity index (χ3v) is 5.52. The minimum absolute atomic E-state index is 0.223. The van der Waals surface area contributed by atoms with Crippen LogP contribution in [0.25, 0.3) is 33.2 Å². The molecule has 1 saturated heterocycles. The van der Waals surface area contributed by atoms with Gasteiger partial charge in [0.1, 0.15) is 11.6 Å². The summed E-state index contributed by atoms with van der Waals surface area (Å²) in [7, 11) is 0. The molecule has 1 aliphatic heterocycles. The van der Waals surface area contributed by atoms with Crippen molar-refractivity contribution in [3.63, 3.8) is 0 Å². The number of benzene rings is 1. The van der Waals surface area contributed by atoms with Gasteiger partial charge in [-0.05, 0) is 55.6 Å². The molecule has 0 spiro atoms. The van der Waals surface area contributed by atoms with Gasteiger partial charge in [0.15, 0.2) is 0 Å². The number of fused-ring (bicyclic) bond motifs is 1. The molecule has 1 aromatic carbocycles. The number of phenolic OH excluding ortho intramolecular Hbond substituents is 1. The van der Waals surface area contributed by atoms with Crippen molar-refractivity contribution in [1.82, 2.24) is 25.1 Å². The summed E-state index contributed by atoms with van der Waals surface area (Å²) < 4.78 is 2.06. The third kappa shape index (κ3) is 3.40. The van der Waals surface area contributed by atoms with E-state index >= 15 is 0 Å². The SMILES string of the molecule is Nc1ncc(-c2cnn(C3CCNCC3)c2)cc1-c1cc2ccc(O)cc2cn1. The van der Waals surface area contributed by atoms with E-state index in [0.29, 0.717) is 11.9 Å². The number of nitrogens with one attached hydrogen (secondary N) is 1. The molecule has 0 atom stereocenters. The molecule has 0 aliphatic carbocycles. The lowest BCUT2D eigenvalue weighted by atomic mass is 10.0. The summed E-state index contributed by atoms with van der Waals surface area (Å²) in [5.41, 5.74) is 9.68. The van der Waals surface area contributed by atoms with E-state index in [4.69, 9.17) is 5.73 Å². The van der Waals surface area contributed by atoms with Crippen molar-refractivity contribution < 1.29 is 5.11 Å². The quantitative estimate of drug-likeness (QED) is 0.499. The van der Waals surface area contributed by atoms with Crippen LogP contribution in [0, 0.1) is 0 Å². The molecule has 0 unspecified atom stereocenters. The van der Waals surface area contributed by atoms with Gasteiger partial charge in [0.25, 0.3) is 0 Å². The van der Waals surface area contributed by atoms with Gasteiger partial charge in [0, 0.05) is 40.7 Å². The van der Waals surface area contributed by atoms with Crippen molar-refractivity contribution in [2.45, 2.75) is 18.9 Å². The van der Waals surface area contributed by atoms with Gasteiger partial charge < -0.3 is 16.2 Å². The lowest BCUT2D eigenvalue weighted by Gasteiger charge is -2.22. The Morgan fingerprint density at radius 1 is 0.966 bits per heavy atom. The van der Waals surface area contributed by atoms with E-state index in [1.165, 1.54) is 0 Å². The fourth-order valence-electron chi connectivity index (χ4n) is 3.87. The Labute approximate surface area is 168 Å². The molecule has 0 bridgehead atoms. The average Bonchev–Trinajstić information content (AvgIpc) is 3.25. The largest absolute Gasteiger partial charge is 0.508 e. The summed E-state index contributed by atoms with van der Waals surface area (Å²) in [5.74, 6) is 0.658. The van der Waals surface area contributed by atoms with Crippen molar-refractivity contribution in [3.8, 4) is 28.1 Å². The van der Waals surface area contributed by atoms with Gasteiger partial charge in [-0.3, -0.25) is 9.67 Å². The summed E-state index contributed by atoms with van der Waals surface area (Å²) in [6.07, 6.45) is 9.67. The van der Waals surface area contributed by atoms with Gasteiger partial charge in [0.05, 0.1) is 17.9 Å². The molecule has 1 fully saturated rings. The van der Waals surface area contributed by atoms with Crippen LogP contribution in [0.1, 0.15) is 18.9 Å². The molecule has 4 N–H and O–H groups in total. The predicted octanol–water partition coefficient (Wildman–Crippen LogP) is 3.37. The van der Waals surface area contributed by atoms with Crippen molar-refractivity contribution >= 4 is 16.6 Å². The van der Waals surface area contributed by atoms with Crippen LogP contribution in [0.3, 0.4) is 0 Å². The van der Waals surface area contributed by atoms with Crippen LogP contribution in [0.5, 0.6) is 5.75 Å². The number of aromatic nitrogens is 4. The summed E-state index contributed by atoms with van der Waals surface area (Å²) in [6, 6.07) is 9.64. The molecule has 3 aromatic heterocycles. The lowest BCUT2D eigenvalue weighted by molar-refractivity contribution is 0.343. The Morgan fingerprint density at radius 3 is 2.69 bits per heavy atom. The molecule has 7 nitrogen and oxygen atoms in total. The second kappa shape index (κ2) is 7.18. The lowest BCUT2D eigenvalue weighted by Crippen LogP contribution is -2.29. The fourth-order valence-corrected chi connectivity index (χ4v) is 3.87. The van der Waals surface area contributed by atoms with Gasteiger partial charge in [0.2, 0.25) is 0 Å². The monoisotopic (exact) mass is 386 g/mol. The third-order valence-electron chi connectivity index (χ3n) is 5.52. The van der Waals surface area contributed by atoms with Crippen molar-refractivity contribution in [2.75, 3.05) is 18.8 Å². The first-order valence-electron chi connectivity index (χ1n) is 9.77. The maximum atomic E-state index is 9.65. The topological polar surface area (TPSA) is 102 Å². The predicted molar refractivity (Wildman–Crippen MR) is 113 cm³/mol. The second-order valence-corrected chi connectivity index (χ2v) is 7.45. The Morgan fingerprint density at radius 2 is 1.83 bits per heavy atom. The number of hydrogen-bond acceptors (Lipinski definition) is 6. The molecule has 4 heterocycles. The molecule has 1 aliphatic rings. The normalized spacial score (nSPS) is 15.0. The summed E-state index contributed by atoms with van der Waals surface area (Å²) >= 11 is 0. The average molecular weight is 386 g/mol. The molecule has 0 saturated carbocycles. The number of phenols is 1. The minimum Gasteiger partial charge on any atom is -0.508 e. The van der Waals surface area contributed by atoms with E-state index in [1.54, 1.807) is 24.5 Å². The first kappa shape index (κ1) is 17.6. The summed E-state index contributed by atoms with van der Waals surface area (Å²) in [6.45, 7) is 2.05. The van der Waals surface area contributed by atoms with E-state index in [9.17, 15) is 5.11 Å². The van der Waals surface area contributed by atoms with E-state index in [-0.39, 0.29) is 5.75 Å². The van der Waals surface area contributed by atoms with Crippen LogP contribution in [-0.4, -0.2) is 37.9 Å². The summed E-state index contributed by atoms with van der Waals surface area (Å²) in [5, 5.41) is 19.5. The number of piperidine rings is 1. The first-order chi connectivity index (χ1) is 14.2. The van der Waals surface area contributed by atoms with Gasteiger partial charge in [-0.15, -0.1) is 0 Å². The van der Waals surface area contributed by atoms with E-state index in [2.05, 4.69) is 31.3 Å². The molecular formula is C22H22N6O.